The third-order valence-electron chi connectivity index (χ3n) is 5.10. The first-order chi connectivity index (χ1) is 11.1. The summed E-state index contributed by atoms with van der Waals surface area (Å²) in [6.45, 7) is 9.40. The van der Waals surface area contributed by atoms with Crippen LogP contribution in [0, 0.1) is 0 Å². The van der Waals surface area contributed by atoms with E-state index in [0.29, 0.717) is 6.54 Å². The van der Waals surface area contributed by atoms with Crippen molar-refractivity contribution in [3.8, 4) is 0 Å². The van der Waals surface area contributed by atoms with Crippen molar-refractivity contribution in [1.29, 1.82) is 0 Å². The van der Waals surface area contributed by atoms with E-state index in [2.05, 4.69) is 40.2 Å². The highest BCUT2D eigenvalue weighted by Crippen LogP contribution is 2.32. The molecule has 0 unspecified atom stereocenters. The van der Waals surface area contributed by atoms with Crippen molar-refractivity contribution < 1.29 is 4.79 Å². The van der Waals surface area contributed by atoms with Gasteiger partial charge in [-0.15, -0.1) is 37.2 Å². The molecule has 2 aliphatic rings. The molecule has 3 N–H and O–H groups in total. The zero-order valence-electron chi connectivity index (χ0n) is 15.3. The summed E-state index contributed by atoms with van der Waals surface area (Å²) in [6.07, 6.45) is 1.62. The minimum Gasteiger partial charge on any atom is -0.350 e. The van der Waals surface area contributed by atoms with Crippen LogP contribution in [0.15, 0.2) is 24.3 Å². The highest BCUT2D eigenvalue weighted by atomic mass is 35.5. The molecule has 1 saturated heterocycles. The van der Waals surface area contributed by atoms with Gasteiger partial charge in [0.1, 0.15) is 0 Å². The quantitative estimate of drug-likeness (QED) is 0.733. The van der Waals surface area contributed by atoms with E-state index in [1.54, 1.807) is 0 Å². The Hall–Kier alpha value is -0.560. The van der Waals surface area contributed by atoms with Crippen LogP contribution in [0.25, 0.3) is 0 Å². The van der Waals surface area contributed by atoms with Crippen molar-refractivity contribution in [1.82, 2.24) is 15.1 Å². The SMILES string of the molecule is CCN1CCN(Cc2ccccc2CNC(=O)C2(N)CC2)CC1.Cl.Cl.Cl. The topological polar surface area (TPSA) is 61.6 Å². The lowest BCUT2D eigenvalue weighted by atomic mass is 10.1. The van der Waals surface area contributed by atoms with Crippen LogP contribution in [0.4, 0.5) is 0 Å². The van der Waals surface area contributed by atoms with Crippen LogP contribution < -0.4 is 11.1 Å². The van der Waals surface area contributed by atoms with Gasteiger partial charge in [-0.2, -0.15) is 0 Å². The lowest BCUT2D eigenvalue weighted by molar-refractivity contribution is -0.123. The molecule has 0 spiro atoms. The molecule has 1 heterocycles. The van der Waals surface area contributed by atoms with Gasteiger partial charge in [0, 0.05) is 39.3 Å². The van der Waals surface area contributed by atoms with Gasteiger partial charge < -0.3 is 16.0 Å². The zero-order valence-corrected chi connectivity index (χ0v) is 17.7. The summed E-state index contributed by atoms with van der Waals surface area (Å²) >= 11 is 0. The highest BCUT2D eigenvalue weighted by molar-refractivity contribution is 5.88. The van der Waals surface area contributed by atoms with Crippen molar-refractivity contribution in [2.45, 2.75) is 38.4 Å². The van der Waals surface area contributed by atoms with Gasteiger partial charge in [-0.05, 0) is 30.5 Å². The number of piperazine rings is 1. The number of likely N-dealkylation sites (N-methyl/N-ethyl adjacent to an activating group) is 1. The average Bonchev–Trinajstić information content (AvgIpc) is 3.33. The molecule has 1 aromatic rings. The molecule has 1 aliphatic heterocycles. The van der Waals surface area contributed by atoms with Crippen molar-refractivity contribution in [3.63, 3.8) is 0 Å². The summed E-state index contributed by atoms with van der Waals surface area (Å²) in [4.78, 5) is 17.0. The van der Waals surface area contributed by atoms with Gasteiger partial charge in [0.25, 0.3) is 0 Å². The van der Waals surface area contributed by atoms with E-state index >= 15 is 0 Å². The van der Waals surface area contributed by atoms with E-state index < -0.39 is 5.54 Å². The van der Waals surface area contributed by atoms with Crippen molar-refractivity contribution in [2.75, 3.05) is 32.7 Å². The number of nitrogens with two attached hydrogens (primary N) is 1. The largest absolute Gasteiger partial charge is 0.350 e. The van der Waals surface area contributed by atoms with Gasteiger partial charge in [0.15, 0.2) is 0 Å². The second-order valence-electron chi connectivity index (χ2n) is 6.82. The maximum Gasteiger partial charge on any atom is 0.240 e. The summed E-state index contributed by atoms with van der Waals surface area (Å²) in [7, 11) is 0. The van der Waals surface area contributed by atoms with Gasteiger partial charge >= 0.3 is 0 Å². The van der Waals surface area contributed by atoms with Gasteiger partial charge in [0.05, 0.1) is 5.54 Å². The molecule has 0 bridgehead atoms. The van der Waals surface area contributed by atoms with Crippen LogP contribution in [0.2, 0.25) is 0 Å². The van der Waals surface area contributed by atoms with Crippen LogP contribution >= 0.6 is 37.2 Å². The van der Waals surface area contributed by atoms with Gasteiger partial charge in [-0.3, -0.25) is 9.69 Å². The Kier molecular flexibility index (Phi) is 11.1. The fraction of sp³-hybridized carbons (Fsp3) is 0.611. The van der Waals surface area contributed by atoms with Crippen LogP contribution in [-0.2, 0) is 17.9 Å². The minimum atomic E-state index is -0.592. The van der Waals surface area contributed by atoms with Gasteiger partial charge in [-0.25, -0.2) is 0 Å². The van der Waals surface area contributed by atoms with Crippen molar-refractivity contribution in [2.24, 2.45) is 5.73 Å². The number of nitrogens with zero attached hydrogens (tertiary/aromatic N) is 2. The third-order valence-corrected chi connectivity index (χ3v) is 5.10. The molecule has 0 aromatic heterocycles. The van der Waals surface area contributed by atoms with E-state index in [0.717, 1.165) is 52.1 Å². The number of nitrogens with one attached hydrogen (secondary N) is 1. The van der Waals surface area contributed by atoms with Crippen molar-refractivity contribution >= 4 is 43.1 Å². The molecule has 5 nitrogen and oxygen atoms in total. The first-order valence-electron chi connectivity index (χ1n) is 8.69. The van der Waals surface area contributed by atoms with Gasteiger partial charge in [0.2, 0.25) is 5.91 Å². The first-order valence-corrected chi connectivity index (χ1v) is 8.69. The summed E-state index contributed by atoms with van der Waals surface area (Å²) in [6, 6.07) is 8.39. The van der Waals surface area contributed by atoms with E-state index in [4.69, 9.17) is 5.73 Å². The second-order valence-corrected chi connectivity index (χ2v) is 6.82. The second kappa shape index (κ2) is 11.3. The summed E-state index contributed by atoms with van der Waals surface area (Å²) in [5.41, 5.74) is 7.85. The maximum absolute atomic E-state index is 12.0. The lowest BCUT2D eigenvalue weighted by Crippen LogP contribution is -2.45. The van der Waals surface area contributed by atoms with Crippen LogP contribution in [0.5, 0.6) is 0 Å². The fourth-order valence-electron chi connectivity index (χ4n) is 3.10. The van der Waals surface area contributed by atoms with E-state index in [1.807, 2.05) is 6.07 Å². The molecule has 1 aromatic carbocycles. The van der Waals surface area contributed by atoms with Crippen LogP contribution in [-0.4, -0.2) is 54.0 Å². The van der Waals surface area contributed by atoms with Crippen molar-refractivity contribution in [3.05, 3.63) is 35.4 Å². The number of hydrogen-bond donors (Lipinski definition) is 2. The number of hydrogen-bond acceptors (Lipinski definition) is 4. The van der Waals surface area contributed by atoms with Crippen LogP contribution in [0.3, 0.4) is 0 Å². The standard InChI is InChI=1S/C18H28N4O.3ClH/c1-2-21-9-11-22(12-10-21)14-16-6-4-3-5-15(16)13-20-17(23)18(19)7-8-18;;;/h3-6H,2,7-14,19H2,1H3,(H,20,23);3*1H. The highest BCUT2D eigenvalue weighted by Gasteiger charge is 2.45. The third kappa shape index (κ3) is 6.55. The predicted octanol–water partition coefficient (Wildman–Crippen LogP) is 2.20. The Morgan fingerprint density at radius 2 is 1.58 bits per heavy atom. The van der Waals surface area contributed by atoms with E-state index in [1.165, 1.54) is 11.1 Å². The van der Waals surface area contributed by atoms with E-state index in [-0.39, 0.29) is 43.1 Å². The number of halogens is 3. The number of carbonyl (C=O) groups is 1. The first kappa shape index (κ1) is 25.4. The summed E-state index contributed by atoms with van der Waals surface area (Å²) in [5.74, 6) is -0.0103. The number of benzene rings is 1. The Balaban J connectivity index is 0.00000208. The van der Waals surface area contributed by atoms with Crippen LogP contribution in [0.1, 0.15) is 30.9 Å². The Morgan fingerprint density at radius 3 is 2.12 bits per heavy atom. The molecule has 150 valence electrons. The Bertz CT molecular complexity index is 561. The molecule has 1 saturated carbocycles. The minimum absolute atomic E-state index is 0. The fourth-order valence-corrected chi connectivity index (χ4v) is 3.10. The lowest BCUT2D eigenvalue weighted by Gasteiger charge is -2.34. The van der Waals surface area contributed by atoms with Gasteiger partial charge in [-0.1, -0.05) is 31.2 Å². The predicted molar refractivity (Wildman–Crippen MR) is 114 cm³/mol. The summed E-state index contributed by atoms with van der Waals surface area (Å²) < 4.78 is 0. The zero-order chi connectivity index (χ0) is 16.3. The average molecular weight is 426 g/mol. The number of carbonyl (C=O) groups excluding carboxylic acids is 1. The molecule has 26 heavy (non-hydrogen) atoms. The normalized spacial score (nSPS) is 18.7. The molecule has 1 aliphatic carbocycles. The number of amides is 1. The molecule has 3 rings (SSSR count). The molecule has 1 amide bonds. The summed E-state index contributed by atoms with van der Waals surface area (Å²) in [5, 5.41) is 3.00. The molecular weight excluding hydrogens is 395 g/mol. The molecule has 8 heteroatoms. The maximum atomic E-state index is 12.0. The molecule has 2 fully saturated rings. The number of rotatable bonds is 6. The molecule has 0 atom stereocenters. The molecular formula is C18H31Cl3N4O. The Labute approximate surface area is 175 Å². The Morgan fingerprint density at radius 1 is 1.04 bits per heavy atom. The van der Waals surface area contributed by atoms with E-state index in [9.17, 15) is 4.79 Å². The smallest absolute Gasteiger partial charge is 0.240 e. The monoisotopic (exact) mass is 424 g/mol. The molecule has 0 radical (unpaired) electrons.